The minimum Gasteiger partial charge on any atom is -0.507 e. The summed E-state index contributed by atoms with van der Waals surface area (Å²) >= 11 is 0. The van der Waals surface area contributed by atoms with Crippen LogP contribution in [0.5, 0.6) is 0 Å². The Morgan fingerprint density at radius 2 is 1.86 bits per heavy atom. The lowest BCUT2D eigenvalue weighted by molar-refractivity contribution is 0.486. The monoisotopic (exact) mass is 184 g/mol. The molecule has 0 saturated heterocycles. The summed E-state index contributed by atoms with van der Waals surface area (Å²) in [4.78, 5) is 0. The smallest absolute Gasteiger partial charge is 0.121 e. The zero-order chi connectivity index (χ0) is 9.97. The van der Waals surface area contributed by atoms with E-state index < -0.39 is 0 Å². The van der Waals surface area contributed by atoms with E-state index in [4.69, 9.17) is 6.42 Å². The van der Waals surface area contributed by atoms with E-state index >= 15 is 0 Å². The van der Waals surface area contributed by atoms with Crippen LogP contribution < -0.4 is 0 Å². The van der Waals surface area contributed by atoms with Gasteiger partial charge in [0.05, 0.1) is 0 Å². The Bertz CT molecular complexity index is 398. The number of aliphatic hydroxyl groups is 1. The molecule has 1 aliphatic rings. The van der Waals surface area contributed by atoms with Gasteiger partial charge in [0.15, 0.2) is 0 Å². The van der Waals surface area contributed by atoms with Crippen molar-refractivity contribution in [3.63, 3.8) is 0 Å². The van der Waals surface area contributed by atoms with Crippen molar-refractivity contribution in [3.05, 3.63) is 41.0 Å². The largest absolute Gasteiger partial charge is 0.507 e. The molecule has 0 radical (unpaired) electrons. The second-order valence-electron chi connectivity index (χ2n) is 3.53. The van der Waals surface area contributed by atoms with Gasteiger partial charge in [-0.25, -0.2) is 0 Å². The molecule has 0 aromatic heterocycles. The molecule has 0 atom stereocenters. The van der Waals surface area contributed by atoms with Crippen molar-refractivity contribution in [3.8, 4) is 12.3 Å². The predicted octanol–water partition coefficient (Wildman–Crippen LogP) is 3.12. The number of benzene rings is 1. The summed E-state index contributed by atoms with van der Waals surface area (Å²) in [6, 6.07) is 7.45. The Morgan fingerprint density at radius 1 is 1.21 bits per heavy atom. The standard InChI is InChI=1S/C13H12O/c1-2-10-6-8-12(9-7-10)13(14)11-4-3-5-11/h1,6-9,14H,3-5H2. The van der Waals surface area contributed by atoms with Crippen molar-refractivity contribution in [2.45, 2.75) is 19.3 Å². The van der Waals surface area contributed by atoms with Gasteiger partial charge in [-0.3, -0.25) is 0 Å². The average Bonchev–Trinajstić information content (AvgIpc) is 2.15. The first-order valence-electron chi connectivity index (χ1n) is 4.79. The maximum atomic E-state index is 9.83. The topological polar surface area (TPSA) is 20.2 Å². The molecule has 14 heavy (non-hydrogen) atoms. The van der Waals surface area contributed by atoms with Crippen molar-refractivity contribution in [1.29, 1.82) is 0 Å². The van der Waals surface area contributed by atoms with E-state index in [0.29, 0.717) is 5.76 Å². The predicted molar refractivity (Wildman–Crippen MR) is 57.8 cm³/mol. The SMILES string of the molecule is C#Cc1ccc(C(O)=C2CCC2)cc1. The number of allylic oxidation sites excluding steroid dienone is 1. The summed E-state index contributed by atoms with van der Waals surface area (Å²) in [5, 5.41) is 9.83. The third kappa shape index (κ3) is 1.52. The van der Waals surface area contributed by atoms with Gasteiger partial charge < -0.3 is 5.11 Å². The zero-order valence-corrected chi connectivity index (χ0v) is 7.96. The molecular weight excluding hydrogens is 172 g/mol. The van der Waals surface area contributed by atoms with Gasteiger partial charge in [0, 0.05) is 11.1 Å². The first kappa shape index (κ1) is 8.90. The minimum atomic E-state index is 0.444. The Morgan fingerprint density at radius 3 is 2.29 bits per heavy atom. The van der Waals surface area contributed by atoms with Crippen LogP contribution in [-0.4, -0.2) is 5.11 Å². The van der Waals surface area contributed by atoms with Crippen LogP contribution in [0.15, 0.2) is 29.8 Å². The number of hydrogen-bond donors (Lipinski definition) is 1. The fourth-order valence-corrected chi connectivity index (χ4v) is 1.52. The summed E-state index contributed by atoms with van der Waals surface area (Å²) < 4.78 is 0. The summed E-state index contributed by atoms with van der Waals surface area (Å²) in [5.74, 6) is 3.00. The lowest BCUT2D eigenvalue weighted by Crippen LogP contribution is -2.01. The Kier molecular flexibility index (Phi) is 2.28. The molecule has 1 saturated carbocycles. The number of terminal acetylenes is 1. The molecule has 1 nitrogen and oxygen atoms in total. The van der Waals surface area contributed by atoms with Crippen molar-refractivity contribution < 1.29 is 5.11 Å². The number of rotatable bonds is 1. The third-order valence-electron chi connectivity index (χ3n) is 2.62. The fraction of sp³-hybridized carbons (Fsp3) is 0.231. The number of hydrogen-bond acceptors (Lipinski definition) is 1. The maximum Gasteiger partial charge on any atom is 0.121 e. The highest BCUT2D eigenvalue weighted by atomic mass is 16.3. The van der Waals surface area contributed by atoms with Crippen molar-refractivity contribution >= 4 is 5.76 Å². The minimum absolute atomic E-state index is 0.444. The van der Waals surface area contributed by atoms with Crippen molar-refractivity contribution in [2.75, 3.05) is 0 Å². The molecule has 70 valence electrons. The lowest BCUT2D eigenvalue weighted by atomic mass is 9.89. The van der Waals surface area contributed by atoms with E-state index in [1.54, 1.807) is 0 Å². The van der Waals surface area contributed by atoms with E-state index in [9.17, 15) is 5.11 Å². The van der Waals surface area contributed by atoms with Gasteiger partial charge in [0.2, 0.25) is 0 Å². The molecule has 1 N–H and O–H groups in total. The van der Waals surface area contributed by atoms with Crippen LogP contribution in [0.2, 0.25) is 0 Å². The van der Waals surface area contributed by atoms with E-state index in [2.05, 4.69) is 5.92 Å². The highest BCUT2D eigenvalue weighted by Crippen LogP contribution is 2.31. The van der Waals surface area contributed by atoms with Crippen LogP contribution in [0.3, 0.4) is 0 Å². The number of aliphatic hydroxyl groups excluding tert-OH is 1. The van der Waals surface area contributed by atoms with Gasteiger partial charge in [-0.05, 0) is 37.0 Å². The molecular formula is C13H12O. The Labute approximate surface area is 84.1 Å². The second-order valence-corrected chi connectivity index (χ2v) is 3.53. The second kappa shape index (κ2) is 3.59. The van der Waals surface area contributed by atoms with Crippen LogP contribution in [0.4, 0.5) is 0 Å². The Hall–Kier alpha value is -1.68. The molecule has 2 rings (SSSR count). The lowest BCUT2D eigenvalue weighted by Gasteiger charge is -2.18. The highest BCUT2D eigenvalue weighted by molar-refractivity contribution is 5.63. The van der Waals surface area contributed by atoms with Crippen LogP contribution >= 0.6 is 0 Å². The van der Waals surface area contributed by atoms with Gasteiger partial charge in [0.25, 0.3) is 0 Å². The third-order valence-corrected chi connectivity index (χ3v) is 2.62. The molecule has 1 aromatic rings. The van der Waals surface area contributed by atoms with Crippen LogP contribution in [0.25, 0.3) is 5.76 Å². The van der Waals surface area contributed by atoms with Crippen molar-refractivity contribution in [1.82, 2.24) is 0 Å². The van der Waals surface area contributed by atoms with Gasteiger partial charge in [-0.1, -0.05) is 18.1 Å². The molecule has 0 amide bonds. The van der Waals surface area contributed by atoms with Crippen LogP contribution in [-0.2, 0) is 0 Å². The van der Waals surface area contributed by atoms with Gasteiger partial charge in [-0.15, -0.1) is 6.42 Å². The summed E-state index contributed by atoms with van der Waals surface area (Å²) in [6.07, 6.45) is 8.51. The molecule has 1 heteroatoms. The summed E-state index contributed by atoms with van der Waals surface area (Å²) in [5.41, 5.74) is 2.89. The first-order chi connectivity index (χ1) is 6.81. The van der Waals surface area contributed by atoms with Gasteiger partial charge in [-0.2, -0.15) is 0 Å². The Balaban J connectivity index is 2.30. The quantitative estimate of drug-likeness (QED) is 0.525. The molecule has 1 fully saturated rings. The van der Waals surface area contributed by atoms with Crippen LogP contribution in [0, 0.1) is 12.3 Å². The molecule has 0 aliphatic heterocycles. The molecule has 0 heterocycles. The fourth-order valence-electron chi connectivity index (χ4n) is 1.52. The molecule has 0 spiro atoms. The van der Waals surface area contributed by atoms with E-state index in [-0.39, 0.29) is 0 Å². The molecule has 1 aromatic carbocycles. The van der Waals surface area contributed by atoms with E-state index in [1.165, 1.54) is 12.0 Å². The van der Waals surface area contributed by atoms with Crippen molar-refractivity contribution in [2.24, 2.45) is 0 Å². The van der Waals surface area contributed by atoms with E-state index in [0.717, 1.165) is 24.0 Å². The first-order valence-corrected chi connectivity index (χ1v) is 4.79. The molecule has 1 aliphatic carbocycles. The molecule has 0 bridgehead atoms. The zero-order valence-electron chi connectivity index (χ0n) is 7.96. The summed E-state index contributed by atoms with van der Waals surface area (Å²) in [7, 11) is 0. The van der Waals surface area contributed by atoms with Crippen LogP contribution in [0.1, 0.15) is 30.4 Å². The normalized spacial score (nSPS) is 14.4. The van der Waals surface area contributed by atoms with E-state index in [1.807, 2.05) is 24.3 Å². The summed E-state index contributed by atoms with van der Waals surface area (Å²) in [6.45, 7) is 0. The van der Waals surface area contributed by atoms with Gasteiger partial charge >= 0.3 is 0 Å². The van der Waals surface area contributed by atoms with Gasteiger partial charge in [0.1, 0.15) is 5.76 Å². The average molecular weight is 184 g/mol. The highest BCUT2D eigenvalue weighted by Gasteiger charge is 2.14. The maximum absolute atomic E-state index is 9.83. The molecule has 0 unspecified atom stereocenters.